The van der Waals surface area contributed by atoms with Gasteiger partial charge in [-0.3, -0.25) is 9.59 Å². The summed E-state index contributed by atoms with van der Waals surface area (Å²) in [4.78, 5) is 35.8. The zero-order valence-corrected chi connectivity index (χ0v) is 14.6. The molecular formula is C18H22N2O5. The molecule has 0 saturated heterocycles. The van der Waals surface area contributed by atoms with Gasteiger partial charge in [0.25, 0.3) is 5.91 Å². The lowest BCUT2D eigenvalue weighted by molar-refractivity contribution is -0.155. The molecule has 2 rings (SSSR count). The van der Waals surface area contributed by atoms with E-state index in [-0.39, 0.29) is 12.5 Å². The van der Waals surface area contributed by atoms with Gasteiger partial charge in [0.1, 0.15) is 6.54 Å². The van der Waals surface area contributed by atoms with Crippen LogP contribution >= 0.6 is 0 Å². The summed E-state index contributed by atoms with van der Waals surface area (Å²) in [5.41, 5.74) is 1.09. The first-order valence-corrected chi connectivity index (χ1v) is 8.11. The molecule has 7 nitrogen and oxygen atoms in total. The molecule has 1 unspecified atom stereocenters. The van der Waals surface area contributed by atoms with Gasteiger partial charge in [0, 0.05) is 23.6 Å². The van der Waals surface area contributed by atoms with Crippen LogP contribution < -0.4 is 5.32 Å². The number of hydrogen-bond donors (Lipinski definition) is 1. The average Bonchev–Trinajstić information content (AvgIpc) is 2.97. The lowest BCUT2D eigenvalue weighted by atomic mass is 10.2. The highest BCUT2D eigenvalue weighted by molar-refractivity contribution is 6.04. The Morgan fingerprint density at radius 2 is 1.96 bits per heavy atom. The molecule has 0 saturated carbocycles. The topological polar surface area (TPSA) is 86.6 Å². The molecule has 1 aromatic carbocycles. The minimum atomic E-state index is -0.874. The zero-order valence-electron chi connectivity index (χ0n) is 14.6. The number of benzene rings is 1. The van der Waals surface area contributed by atoms with E-state index in [0.29, 0.717) is 23.0 Å². The van der Waals surface area contributed by atoms with E-state index in [4.69, 9.17) is 9.47 Å². The molecule has 2 aromatic rings. The van der Waals surface area contributed by atoms with Crippen molar-refractivity contribution in [2.75, 3.05) is 13.7 Å². The van der Waals surface area contributed by atoms with Gasteiger partial charge < -0.3 is 19.4 Å². The third kappa shape index (κ3) is 4.37. The fourth-order valence-corrected chi connectivity index (χ4v) is 2.47. The normalized spacial score (nSPS) is 11.8. The number of methoxy groups -OCH3 is 1. The third-order valence-corrected chi connectivity index (χ3v) is 3.72. The van der Waals surface area contributed by atoms with Crippen LogP contribution in [0.2, 0.25) is 0 Å². The van der Waals surface area contributed by atoms with Crippen molar-refractivity contribution < 1.29 is 23.9 Å². The molecule has 25 heavy (non-hydrogen) atoms. The molecule has 1 N–H and O–H groups in total. The highest BCUT2D eigenvalue weighted by atomic mass is 16.5. The second-order valence-electron chi connectivity index (χ2n) is 5.60. The van der Waals surface area contributed by atoms with Gasteiger partial charge in [-0.15, -0.1) is 0 Å². The fraction of sp³-hybridized carbons (Fsp3) is 0.389. The number of nitrogens with one attached hydrogen (secondary N) is 1. The molecule has 1 amide bonds. The molecule has 7 heteroatoms. The van der Waals surface area contributed by atoms with Crippen molar-refractivity contribution in [2.45, 2.75) is 32.9 Å². The van der Waals surface area contributed by atoms with E-state index in [2.05, 4.69) is 5.32 Å². The van der Waals surface area contributed by atoms with Crippen LogP contribution in [0.15, 0.2) is 30.5 Å². The van der Waals surface area contributed by atoms with Crippen LogP contribution in [0.5, 0.6) is 0 Å². The Bertz CT molecular complexity index is 781. The van der Waals surface area contributed by atoms with Gasteiger partial charge in [-0.05, 0) is 19.4 Å². The molecule has 134 valence electrons. The van der Waals surface area contributed by atoms with Crippen molar-refractivity contribution in [1.82, 2.24) is 9.88 Å². The van der Waals surface area contributed by atoms with Gasteiger partial charge in [0.05, 0.1) is 12.7 Å². The van der Waals surface area contributed by atoms with Gasteiger partial charge >= 0.3 is 11.9 Å². The van der Waals surface area contributed by atoms with Crippen LogP contribution in [0, 0.1) is 0 Å². The first-order valence-electron chi connectivity index (χ1n) is 8.11. The Balaban J connectivity index is 2.13. The predicted molar refractivity (Wildman–Crippen MR) is 92.1 cm³/mol. The van der Waals surface area contributed by atoms with Gasteiger partial charge in [-0.1, -0.05) is 25.1 Å². The Labute approximate surface area is 145 Å². The van der Waals surface area contributed by atoms with Crippen molar-refractivity contribution in [3.63, 3.8) is 0 Å². The molecule has 0 radical (unpaired) electrons. The maximum absolute atomic E-state index is 12.2. The van der Waals surface area contributed by atoms with Crippen LogP contribution in [0.1, 0.15) is 30.6 Å². The monoisotopic (exact) mass is 346 g/mol. The maximum Gasteiger partial charge on any atom is 0.340 e. The van der Waals surface area contributed by atoms with Crippen molar-refractivity contribution in [1.29, 1.82) is 0 Å². The summed E-state index contributed by atoms with van der Waals surface area (Å²) in [7, 11) is 1.30. The maximum atomic E-state index is 12.2. The summed E-state index contributed by atoms with van der Waals surface area (Å²) in [5.74, 6) is -1.37. The number of para-hydroxylation sites is 1. The summed E-state index contributed by atoms with van der Waals surface area (Å²) in [5, 5.41) is 3.36. The predicted octanol–water partition coefficient (Wildman–Crippen LogP) is 1.89. The number of carbonyl (C=O) groups is 3. The van der Waals surface area contributed by atoms with Crippen molar-refractivity contribution >= 4 is 28.7 Å². The van der Waals surface area contributed by atoms with E-state index in [0.717, 1.165) is 6.42 Å². The van der Waals surface area contributed by atoms with Gasteiger partial charge in [0.2, 0.25) is 0 Å². The largest absolute Gasteiger partial charge is 0.465 e. The molecule has 0 spiro atoms. The van der Waals surface area contributed by atoms with E-state index >= 15 is 0 Å². The Kier molecular flexibility index (Phi) is 6.16. The van der Waals surface area contributed by atoms with Gasteiger partial charge in [0.15, 0.2) is 6.10 Å². The third-order valence-electron chi connectivity index (χ3n) is 3.72. The highest BCUT2D eigenvalue weighted by Gasteiger charge is 2.20. The number of esters is 2. The number of aromatic nitrogens is 1. The minimum Gasteiger partial charge on any atom is -0.465 e. The fourth-order valence-electron chi connectivity index (χ4n) is 2.47. The van der Waals surface area contributed by atoms with Gasteiger partial charge in [-0.2, -0.15) is 0 Å². The Hall–Kier alpha value is -2.83. The first kappa shape index (κ1) is 18.5. The zero-order chi connectivity index (χ0) is 18.4. The van der Waals surface area contributed by atoms with Crippen LogP contribution in [0.4, 0.5) is 0 Å². The summed E-state index contributed by atoms with van der Waals surface area (Å²) >= 11 is 0. The number of ether oxygens (including phenoxy) is 2. The molecule has 1 aromatic heterocycles. The summed E-state index contributed by atoms with van der Waals surface area (Å²) in [6, 6.07) is 7.19. The van der Waals surface area contributed by atoms with Crippen LogP contribution in [-0.4, -0.2) is 42.2 Å². The van der Waals surface area contributed by atoms with E-state index in [1.165, 1.54) is 14.0 Å². The molecule has 0 bridgehead atoms. The summed E-state index contributed by atoms with van der Waals surface area (Å²) in [6.07, 6.45) is 1.48. The molecule has 0 aliphatic heterocycles. The average molecular weight is 346 g/mol. The molecule has 0 fully saturated rings. The molecular weight excluding hydrogens is 324 g/mol. The minimum absolute atomic E-state index is 0.108. The number of carbonyl (C=O) groups excluding carboxylic acids is 3. The second-order valence-corrected chi connectivity index (χ2v) is 5.60. The molecule has 1 heterocycles. The van der Waals surface area contributed by atoms with Gasteiger partial charge in [-0.25, -0.2) is 4.79 Å². The number of nitrogens with zero attached hydrogens (tertiary/aromatic N) is 1. The van der Waals surface area contributed by atoms with Crippen molar-refractivity contribution in [3.8, 4) is 0 Å². The SMILES string of the molecule is CCCNC(=O)C(C)OC(=O)Cn1cc(C(=O)OC)c2ccccc21. The molecule has 1 atom stereocenters. The number of rotatable bonds is 7. The smallest absolute Gasteiger partial charge is 0.340 e. The number of hydrogen-bond acceptors (Lipinski definition) is 5. The number of fused-ring (bicyclic) bond motifs is 1. The van der Waals surface area contributed by atoms with Crippen LogP contribution in [0.3, 0.4) is 0 Å². The van der Waals surface area contributed by atoms with E-state index in [9.17, 15) is 14.4 Å². The summed E-state index contributed by atoms with van der Waals surface area (Å²) < 4.78 is 11.6. The van der Waals surface area contributed by atoms with E-state index in [1.54, 1.807) is 29.0 Å². The van der Waals surface area contributed by atoms with Crippen LogP contribution in [-0.2, 0) is 25.6 Å². The Morgan fingerprint density at radius 1 is 1.24 bits per heavy atom. The quantitative estimate of drug-likeness (QED) is 0.774. The van der Waals surface area contributed by atoms with E-state index < -0.39 is 18.0 Å². The molecule has 0 aliphatic rings. The van der Waals surface area contributed by atoms with Crippen molar-refractivity contribution in [3.05, 3.63) is 36.0 Å². The van der Waals surface area contributed by atoms with Crippen molar-refractivity contribution in [2.24, 2.45) is 0 Å². The first-order chi connectivity index (χ1) is 12.0. The lowest BCUT2D eigenvalue weighted by Gasteiger charge is -2.13. The van der Waals surface area contributed by atoms with E-state index in [1.807, 2.05) is 13.0 Å². The number of amides is 1. The molecule has 0 aliphatic carbocycles. The second kappa shape index (κ2) is 8.32. The standard InChI is InChI=1S/C18H22N2O5/c1-4-9-19-17(22)12(2)25-16(21)11-20-10-14(18(23)24-3)13-7-5-6-8-15(13)20/h5-8,10,12H,4,9,11H2,1-3H3,(H,19,22). The summed E-state index contributed by atoms with van der Waals surface area (Å²) in [6.45, 7) is 3.89. The highest BCUT2D eigenvalue weighted by Crippen LogP contribution is 2.22. The Morgan fingerprint density at radius 3 is 2.64 bits per heavy atom. The lowest BCUT2D eigenvalue weighted by Crippen LogP contribution is -2.36. The van der Waals surface area contributed by atoms with Crippen LogP contribution in [0.25, 0.3) is 10.9 Å².